The molecule has 2 saturated heterocycles. The van der Waals surface area contributed by atoms with Crippen LogP contribution in [0.1, 0.15) is 31.2 Å². The molecule has 2 aliphatic rings. The zero-order valence-electron chi connectivity index (χ0n) is 19.8. The van der Waals surface area contributed by atoms with Crippen LogP contribution in [0.4, 0.5) is 0 Å². The largest absolute Gasteiger partial charge is 0.484 e. The van der Waals surface area contributed by atoms with Gasteiger partial charge in [0.05, 0.1) is 18.1 Å². The second-order valence-corrected chi connectivity index (χ2v) is 10.6. The summed E-state index contributed by atoms with van der Waals surface area (Å²) in [6, 6.07) is 15.3. The Morgan fingerprint density at radius 2 is 1.75 bits per heavy atom. The van der Waals surface area contributed by atoms with Crippen LogP contribution in [0.3, 0.4) is 0 Å². The maximum Gasteiger partial charge on any atom is 0.261 e. The van der Waals surface area contributed by atoms with Gasteiger partial charge >= 0.3 is 0 Å². The molecule has 3 aromatic rings. The number of carbonyl (C=O) groups excluding carboxylic acids is 1. The fraction of sp³-hybridized carbons (Fsp3) is 0.400. The van der Waals surface area contributed by atoms with E-state index in [2.05, 4.69) is 10.1 Å². The van der Waals surface area contributed by atoms with Gasteiger partial charge in [-0.25, -0.2) is 8.42 Å². The van der Waals surface area contributed by atoms with Gasteiger partial charge in [0, 0.05) is 25.2 Å². The van der Waals surface area contributed by atoms with Crippen molar-refractivity contribution in [2.24, 2.45) is 0 Å². The standard InChI is InChI=1S/C25H28N4O6S/c30-23(18-34-20-6-2-1-3-7-20)29-13-5-4-8-22(29)25-26-24(27-35-25)19-9-11-21(12-10-19)36(31,32)28-14-16-33-17-15-28/h1-3,6-7,9-12,22H,4-5,8,13-18H2/t22-/m0/s1. The second kappa shape index (κ2) is 10.8. The van der Waals surface area contributed by atoms with Gasteiger partial charge in [0.2, 0.25) is 21.7 Å². The number of ether oxygens (including phenoxy) is 2. The maximum atomic E-state index is 12.9. The van der Waals surface area contributed by atoms with Gasteiger partial charge in [0.15, 0.2) is 6.61 Å². The van der Waals surface area contributed by atoms with Gasteiger partial charge in [-0.2, -0.15) is 9.29 Å². The lowest BCUT2D eigenvalue weighted by atomic mass is 10.0. The first-order valence-electron chi connectivity index (χ1n) is 12.0. The molecule has 0 unspecified atom stereocenters. The minimum atomic E-state index is -3.58. The third kappa shape index (κ3) is 5.28. The summed E-state index contributed by atoms with van der Waals surface area (Å²) in [6.45, 7) is 1.98. The van der Waals surface area contributed by atoms with Crippen molar-refractivity contribution < 1.29 is 27.2 Å². The SMILES string of the molecule is O=C(COc1ccccc1)N1CCCC[C@H]1c1nc(-c2ccc(S(=O)(=O)N3CCOCC3)cc2)no1. The van der Waals surface area contributed by atoms with Crippen LogP contribution in [-0.4, -0.2) is 73.1 Å². The highest BCUT2D eigenvalue weighted by atomic mass is 32.2. The molecule has 0 aliphatic carbocycles. The summed E-state index contributed by atoms with van der Waals surface area (Å²) in [5.74, 6) is 1.21. The Morgan fingerprint density at radius 3 is 2.50 bits per heavy atom. The third-order valence-corrected chi connectivity index (χ3v) is 8.29. The number of hydrogen-bond acceptors (Lipinski definition) is 8. The molecule has 1 atom stereocenters. The summed E-state index contributed by atoms with van der Waals surface area (Å²) in [5.41, 5.74) is 0.632. The van der Waals surface area contributed by atoms with E-state index in [0.717, 1.165) is 19.3 Å². The van der Waals surface area contributed by atoms with Gasteiger partial charge in [0.25, 0.3) is 5.91 Å². The minimum absolute atomic E-state index is 0.0689. The Bertz CT molecular complexity index is 1270. The summed E-state index contributed by atoms with van der Waals surface area (Å²) in [6.07, 6.45) is 2.56. The molecule has 190 valence electrons. The molecular formula is C25H28N4O6S. The van der Waals surface area contributed by atoms with Crippen molar-refractivity contribution >= 4 is 15.9 Å². The van der Waals surface area contributed by atoms with Gasteiger partial charge in [-0.1, -0.05) is 23.4 Å². The number of piperidine rings is 1. The lowest BCUT2D eigenvalue weighted by Gasteiger charge is -2.33. The van der Waals surface area contributed by atoms with E-state index in [4.69, 9.17) is 14.0 Å². The molecule has 3 heterocycles. The molecule has 0 saturated carbocycles. The fourth-order valence-corrected chi connectivity index (χ4v) is 5.84. The average molecular weight is 513 g/mol. The monoisotopic (exact) mass is 512 g/mol. The fourth-order valence-electron chi connectivity index (χ4n) is 4.43. The highest BCUT2D eigenvalue weighted by molar-refractivity contribution is 7.89. The zero-order valence-corrected chi connectivity index (χ0v) is 20.6. The number of sulfonamides is 1. The maximum absolute atomic E-state index is 12.9. The van der Waals surface area contributed by atoms with Crippen LogP contribution in [-0.2, 0) is 19.6 Å². The Balaban J connectivity index is 1.28. The highest BCUT2D eigenvalue weighted by Gasteiger charge is 2.32. The molecule has 0 bridgehead atoms. The van der Waals surface area contributed by atoms with Crippen molar-refractivity contribution in [2.75, 3.05) is 39.5 Å². The van der Waals surface area contributed by atoms with Crippen LogP contribution >= 0.6 is 0 Å². The number of hydrogen-bond donors (Lipinski definition) is 0. The molecule has 2 fully saturated rings. The number of nitrogens with zero attached hydrogens (tertiary/aromatic N) is 4. The number of carbonyl (C=O) groups is 1. The summed E-state index contributed by atoms with van der Waals surface area (Å²) >= 11 is 0. The van der Waals surface area contributed by atoms with Crippen LogP contribution in [0.15, 0.2) is 64.0 Å². The van der Waals surface area contributed by atoms with Gasteiger partial charge in [-0.15, -0.1) is 0 Å². The van der Waals surface area contributed by atoms with Crippen LogP contribution in [0.25, 0.3) is 11.4 Å². The van der Waals surface area contributed by atoms with Crippen LogP contribution in [0.2, 0.25) is 0 Å². The summed E-state index contributed by atoms with van der Waals surface area (Å²) in [4.78, 5) is 19.4. The van der Waals surface area contributed by atoms with Crippen molar-refractivity contribution in [3.05, 3.63) is 60.5 Å². The van der Waals surface area contributed by atoms with Crippen molar-refractivity contribution in [3.63, 3.8) is 0 Å². The van der Waals surface area contributed by atoms with Crippen LogP contribution < -0.4 is 4.74 Å². The van der Waals surface area contributed by atoms with Crippen molar-refractivity contribution in [3.8, 4) is 17.1 Å². The average Bonchev–Trinajstić information content (AvgIpc) is 3.43. The molecule has 5 rings (SSSR count). The number of amides is 1. The number of rotatable bonds is 7. The molecule has 36 heavy (non-hydrogen) atoms. The second-order valence-electron chi connectivity index (χ2n) is 8.70. The van der Waals surface area contributed by atoms with E-state index in [1.165, 1.54) is 4.31 Å². The van der Waals surface area contributed by atoms with Crippen molar-refractivity contribution in [1.82, 2.24) is 19.3 Å². The van der Waals surface area contributed by atoms with E-state index in [1.54, 1.807) is 29.2 Å². The summed E-state index contributed by atoms with van der Waals surface area (Å²) < 4.78 is 43.6. The summed E-state index contributed by atoms with van der Waals surface area (Å²) in [7, 11) is -3.58. The van der Waals surface area contributed by atoms with Crippen molar-refractivity contribution in [1.29, 1.82) is 0 Å². The molecule has 2 aromatic carbocycles. The van der Waals surface area contributed by atoms with E-state index in [-0.39, 0.29) is 23.5 Å². The normalized spacial score (nSPS) is 19.2. The lowest BCUT2D eigenvalue weighted by Crippen LogP contribution is -2.41. The van der Waals surface area contributed by atoms with Crippen molar-refractivity contribution in [2.45, 2.75) is 30.2 Å². The number of para-hydroxylation sites is 1. The molecule has 0 spiro atoms. The summed E-state index contributed by atoms with van der Waals surface area (Å²) in [5, 5.41) is 4.10. The Kier molecular flexibility index (Phi) is 7.30. The number of benzene rings is 2. The predicted molar refractivity (Wildman–Crippen MR) is 130 cm³/mol. The molecule has 10 nitrogen and oxygen atoms in total. The first-order valence-corrected chi connectivity index (χ1v) is 13.5. The number of aromatic nitrogens is 2. The molecule has 2 aliphatic heterocycles. The molecule has 1 aromatic heterocycles. The highest BCUT2D eigenvalue weighted by Crippen LogP contribution is 2.31. The van der Waals surface area contributed by atoms with Gasteiger partial charge in [-0.05, 0) is 55.7 Å². The molecule has 0 N–H and O–H groups in total. The lowest BCUT2D eigenvalue weighted by molar-refractivity contribution is -0.138. The van der Waals surface area contributed by atoms with Crippen LogP contribution in [0.5, 0.6) is 5.75 Å². The Hall–Kier alpha value is -3.28. The third-order valence-electron chi connectivity index (χ3n) is 6.38. The van der Waals surface area contributed by atoms with Gasteiger partial charge in [-0.3, -0.25) is 4.79 Å². The first-order chi connectivity index (χ1) is 17.5. The molecule has 11 heteroatoms. The smallest absolute Gasteiger partial charge is 0.261 e. The quantitative estimate of drug-likeness (QED) is 0.475. The van der Waals surface area contributed by atoms with Gasteiger partial charge in [0.1, 0.15) is 11.8 Å². The molecule has 1 amide bonds. The predicted octanol–water partition coefficient (Wildman–Crippen LogP) is 2.89. The zero-order chi connectivity index (χ0) is 25.0. The number of likely N-dealkylation sites (tertiary alicyclic amines) is 1. The number of morpholine rings is 1. The van der Waals surface area contributed by atoms with E-state index >= 15 is 0 Å². The minimum Gasteiger partial charge on any atom is -0.484 e. The Labute approximate surface area is 209 Å². The van der Waals surface area contributed by atoms with E-state index < -0.39 is 10.0 Å². The van der Waals surface area contributed by atoms with Gasteiger partial charge < -0.3 is 18.9 Å². The Morgan fingerprint density at radius 1 is 1.00 bits per heavy atom. The van der Waals surface area contributed by atoms with Crippen LogP contribution in [0, 0.1) is 0 Å². The molecule has 0 radical (unpaired) electrons. The first kappa shape index (κ1) is 24.4. The topological polar surface area (TPSA) is 115 Å². The van der Waals surface area contributed by atoms with E-state index in [0.29, 0.717) is 55.9 Å². The van der Waals surface area contributed by atoms with E-state index in [9.17, 15) is 13.2 Å². The molecular weight excluding hydrogens is 484 g/mol. The van der Waals surface area contributed by atoms with E-state index in [1.807, 2.05) is 30.3 Å².